The molecule has 0 bridgehead atoms. The zero-order chi connectivity index (χ0) is 18.5. The predicted octanol–water partition coefficient (Wildman–Crippen LogP) is 5.90. The molecule has 0 heterocycles. The number of methoxy groups -OCH3 is 1. The Morgan fingerprint density at radius 1 is 1.04 bits per heavy atom. The van der Waals surface area contributed by atoms with Gasteiger partial charge in [0, 0.05) is 16.6 Å². The molecule has 3 nitrogen and oxygen atoms in total. The van der Waals surface area contributed by atoms with Crippen molar-refractivity contribution >= 4 is 23.2 Å². The molecule has 0 aromatic heterocycles. The third-order valence-electron chi connectivity index (χ3n) is 5.59. The van der Waals surface area contributed by atoms with E-state index in [2.05, 4.69) is 17.4 Å². The van der Waals surface area contributed by atoms with E-state index in [0.717, 1.165) is 37.1 Å². The van der Waals surface area contributed by atoms with Crippen molar-refractivity contribution in [2.24, 2.45) is 11.8 Å². The average Bonchev–Trinajstić information content (AvgIpc) is 2.69. The van der Waals surface area contributed by atoms with Crippen LogP contribution in [-0.2, 0) is 4.79 Å². The van der Waals surface area contributed by atoms with Gasteiger partial charge in [0.1, 0.15) is 5.75 Å². The number of benzene rings is 2. The minimum Gasteiger partial charge on any atom is -0.497 e. The van der Waals surface area contributed by atoms with Crippen molar-refractivity contribution in [3.05, 3.63) is 59.1 Å². The highest BCUT2D eigenvalue weighted by Gasteiger charge is 2.29. The van der Waals surface area contributed by atoms with Gasteiger partial charge in [-0.15, -0.1) is 0 Å². The molecule has 1 fully saturated rings. The van der Waals surface area contributed by atoms with Gasteiger partial charge in [0.2, 0.25) is 5.91 Å². The molecule has 1 unspecified atom stereocenters. The number of nitrogens with one attached hydrogen (secondary N) is 1. The fourth-order valence-electron chi connectivity index (χ4n) is 3.83. The maximum atomic E-state index is 12.6. The largest absolute Gasteiger partial charge is 0.497 e. The van der Waals surface area contributed by atoms with Gasteiger partial charge < -0.3 is 10.1 Å². The highest BCUT2D eigenvalue weighted by molar-refractivity contribution is 6.30. The summed E-state index contributed by atoms with van der Waals surface area (Å²) in [6.07, 6.45) is 4.45. The van der Waals surface area contributed by atoms with Crippen LogP contribution in [0.25, 0.3) is 0 Å². The summed E-state index contributed by atoms with van der Waals surface area (Å²) in [4.78, 5) is 12.6. The first-order chi connectivity index (χ1) is 12.6. The van der Waals surface area contributed by atoms with Gasteiger partial charge in [0.15, 0.2) is 0 Å². The highest BCUT2D eigenvalue weighted by Crippen LogP contribution is 2.39. The van der Waals surface area contributed by atoms with Gasteiger partial charge in [-0.1, -0.05) is 30.7 Å². The van der Waals surface area contributed by atoms with E-state index >= 15 is 0 Å². The second-order valence-corrected chi connectivity index (χ2v) is 7.61. The fraction of sp³-hybridized carbons (Fsp3) is 0.409. The number of amides is 1. The van der Waals surface area contributed by atoms with Gasteiger partial charge >= 0.3 is 0 Å². The summed E-state index contributed by atoms with van der Waals surface area (Å²) in [5.41, 5.74) is 2.18. The van der Waals surface area contributed by atoms with E-state index in [4.69, 9.17) is 16.3 Å². The van der Waals surface area contributed by atoms with Crippen LogP contribution in [0.5, 0.6) is 5.75 Å². The van der Waals surface area contributed by atoms with Gasteiger partial charge in [-0.25, -0.2) is 0 Å². The normalized spacial score (nSPS) is 21.0. The first-order valence-corrected chi connectivity index (χ1v) is 9.65. The fourth-order valence-corrected chi connectivity index (χ4v) is 3.96. The summed E-state index contributed by atoms with van der Waals surface area (Å²) in [7, 11) is 1.69. The number of rotatable bonds is 5. The van der Waals surface area contributed by atoms with Crippen LogP contribution in [0.2, 0.25) is 5.02 Å². The molecule has 1 amide bonds. The lowest BCUT2D eigenvalue weighted by atomic mass is 9.74. The van der Waals surface area contributed by atoms with E-state index in [9.17, 15) is 4.79 Å². The van der Waals surface area contributed by atoms with Crippen molar-refractivity contribution in [3.8, 4) is 5.75 Å². The lowest BCUT2D eigenvalue weighted by Crippen LogP contribution is -2.29. The van der Waals surface area contributed by atoms with Crippen LogP contribution in [0.15, 0.2) is 48.5 Å². The molecular formula is C22H26ClNO2. The molecule has 26 heavy (non-hydrogen) atoms. The van der Waals surface area contributed by atoms with Gasteiger partial charge in [0.25, 0.3) is 0 Å². The Bertz CT molecular complexity index is 719. The summed E-state index contributed by atoms with van der Waals surface area (Å²) in [5, 5.41) is 3.68. The molecule has 1 saturated carbocycles. The number of hydrogen-bond acceptors (Lipinski definition) is 2. The summed E-state index contributed by atoms with van der Waals surface area (Å²) >= 11 is 5.89. The quantitative estimate of drug-likeness (QED) is 0.710. The highest BCUT2D eigenvalue weighted by atomic mass is 35.5. The number of carbonyl (C=O) groups excluding carboxylic acids is 1. The SMILES string of the molecule is COc1ccc(C2CCC(C(C)C(=O)Nc3ccc(Cl)cc3)CC2)cc1. The Labute approximate surface area is 160 Å². The maximum Gasteiger partial charge on any atom is 0.227 e. The number of hydrogen-bond donors (Lipinski definition) is 1. The third kappa shape index (κ3) is 4.59. The summed E-state index contributed by atoms with van der Waals surface area (Å²) in [6, 6.07) is 15.7. The molecule has 138 valence electrons. The molecular weight excluding hydrogens is 346 g/mol. The zero-order valence-electron chi connectivity index (χ0n) is 15.4. The van der Waals surface area contributed by atoms with Crippen molar-refractivity contribution in [2.75, 3.05) is 12.4 Å². The molecule has 0 aliphatic heterocycles. The second kappa shape index (κ2) is 8.59. The number of carbonyl (C=O) groups is 1. The minimum absolute atomic E-state index is 0.0162. The molecule has 0 spiro atoms. The van der Waals surface area contributed by atoms with Crippen LogP contribution in [0.4, 0.5) is 5.69 Å². The monoisotopic (exact) mass is 371 g/mol. The lowest BCUT2D eigenvalue weighted by molar-refractivity contribution is -0.121. The molecule has 4 heteroatoms. The van der Waals surface area contributed by atoms with Crippen molar-refractivity contribution in [3.63, 3.8) is 0 Å². The Morgan fingerprint density at radius 2 is 1.65 bits per heavy atom. The third-order valence-corrected chi connectivity index (χ3v) is 5.84. The molecule has 2 aromatic carbocycles. The van der Waals surface area contributed by atoms with E-state index in [0.29, 0.717) is 16.9 Å². The predicted molar refractivity (Wildman–Crippen MR) is 107 cm³/mol. The topological polar surface area (TPSA) is 38.3 Å². The lowest BCUT2D eigenvalue weighted by Gasteiger charge is -2.32. The molecule has 1 N–H and O–H groups in total. The molecule has 0 radical (unpaired) electrons. The Kier molecular flexibility index (Phi) is 6.20. The van der Waals surface area contributed by atoms with Crippen molar-refractivity contribution < 1.29 is 9.53 Å². The van der Waals surface area contributed by atoms with Crippen molar-refractivity contribution in [2.45, 2.75) is 38.5 Å². The van der Waals surface area contributed by atoms with Crippen molar-refractivity contribution in [1.29, 1.82) is 0 Å². The molecule has 0 saturated heterocycles. The van der Waals surface area contributed by atoms with Gasteiger partial charge in [-0.05, 0) is 79.5 Å². The summed E-state index contributed by atoms with van der Waals surface area (Å²) < 4.78 is 5.23. The second-order valence-electron chi connectivity index (χ2n) is 7.17. The smallest absolute Gasteiger partial charge is 0.227 e. The van der Waals surface area contributed by atoms with Gasteiger partial charge in [-0.2, -0.15) is 0 Å². The number of ether oxygens (including phenoxy) is 1. The summed E-state index contributed by atoms with van der Waals surface area (Å²) in [6.45, 7) is 2.05. The maximum absolute atomic E-state index is 12.6. The average molecular weight is 372 g/mol. The Balaban J connectivity index is 1.53. The first kappa shape index (κ1) is 18.8. The van der Waals surface area contributed by atoms with E-state index in [1.807, 2.05) is 31.2 Å². The zero-order valence-corrected chi connectivity index (χ0v) is 16.1. The standard InChI is InChI=1S/C22H26ClNO2/c1-15(22(25)24-20-11-9-19(23)10-12-20)16-3-5-17(6-4-16)18-7-13-21(26-2)14-8-18/h7-17H,3-6H2,1-2H3,(H,24,25). The van der Waals surface area contributed by atoms with Crippen LogP contribution in [0, 0.1) is 11.8 Å². The molecule has 1 atom stereocenters. The molecule has 3 rings (SSSR count). The Hall–Kier alpha value is -2.00. The molecule has 2 aromatic rings. The van der Waals surface area contributed by atoms with Crippen LogP contribution in [-0.4, -0.2) is 13.0 Å². The number of anilines is 1. The van der Waals surface area contributed by atoms with E-state index in [1.54, 1.807) is 19.2 Å². The molecule has 1 aliphatic rings. The van der Waals surface area contributed by atoms with Gasteiger partial charge in [0.05, 0.1) is 7.11 Å². The van der Waals surface area contributed by atoms with E-state index in [-0.39, 0.29) is 11.8 Å². The van der Waals surface area contributed by atoms with Crippen LogP contribution in [0.1, 0.15) is 44.1 Å². The van der Waals surface area contributed by atoms with Crippen LogP contribution < -0.4 is 10.1 Å². The van der Waals surface area contributed by atoms with Crippen LogP contribution >= 0.6 is 11.6 Å². The number of halogens is 1. The van der Waals surface area contributed by atoms with Crippen LogP contribution in [0.3, 0.4) is 0 Å². The Morgan fingerprint density at radius 3 is 2.23 bits per heavy atom. The molecule has 1 aliphatic carbocycles. The van der Waals surface area contributed by atoms with E-state index in [1.165, 1.54) is 5.56 Å². The minimum atomic E-state index is 0.0162. The van der Waals surface area contributed by atoms with E-state index < -0.39 is 0 Å². The van der Waals surface area contributed by atoms with Gasteiger partial charge in [-0.3, -0.25) is 4.79 Å². The first-order valence-electron chi connectivity index (χ1n) is 9.27. The summed E-state index contributed by atoms with van der Waals surface area (Å²) in [5.74, 6) is 2.04. The van der Waals surface area contributed by atoms with Crippen molar-refractivity contribution in [1.82, 2.24) is 0 Å².